The molecule has 0 spiro atoms. The predicted molar refractivity (Wildman–Crippen MR) is 95.0 cm³/mol. The molecular weight excluding hydrogens is 340 g/mol. The average Bonchev–Trinajstić information content (AvgIpc) is 3.08. The van der Waals surface area contributed by atoms with E-state index in [2.05, 4.69) is 5.32 Å². The standard InChI is InChI=1S/C18H22N2O4S/c1-18-8-7-15(21)20(18)14(11-25-18)16(22)19-10-13(17(23)24)9-12-5-3-2-4-6-12/h2-6,13-14H,7-11H2,1H3,(H,19,22)(H,23,24)/t13-,14+,18+/m1/s1. The van der Waals surface area contributed by atoms with E-state index in [1.54, 1.807) is 16.7 Å². The largest absolute Gasteiger partial charge is 0.481 e. The first kappa shape index (κ1) is 17.8. The molecule has 2 amide bonds. The fraction of sp³-hybridized carbons (Fsp3) is 0.500. The molecule has 3 atom stereocenters. The Morgan fingerprint density at radius 2 is 2.12 bits per heavy atom. The Bertz CT molecular complexity index is 681. The van der Waals surface area contributed by atoms with Crippen LogP contribution in [0, 0.1) is 5.92 Å². The number of carbonyl (C=O) groups excluding carboxylic acids is 2. The Labute approximate surface area is 151 Å². The average molecular weight is 362 g/mol. The van der Waals surface area contributed by atoms with Crippen LogP contribution in [-0.2, 0) is 20.8 Å². The number of rotatable bonds is 6. The molecule has 2 aliphatic rings. The molecule has 0 radical (unpaired) electrons. The number of amides is 2. The molecule has 2 N–H and O–H groups in total. The molecule has 0 aliphatic carbocycles. The van der Waals surface area contributed by atoms with E-state index in [1.165, 1.54) is 0 Å². The number of carboxylic acids is 1. The van der Waals surface area contributed by atoms with Crippen LogP contribution in [0.15, 0.2) is 30.3 Å². The van der Waals surface area contributed by atoms with Crippen LogP contribution in [0.25, 0.3) is 0 Å². The molecule has 1 aromatic rings. The Kier molecular flexibility index (Phi) is 5.03. The van der Waals surface area contributed by atoms with Crippen molar-refractivity contribution in [2.45, 2.75) is 37.1 Å². The van der Waals surface area contributed by atoms with E-state index in [4.69, 9.17) is 0 Å². The minimum Gasteiger partial charge on any atom is -0.481 e. The summed E-state index contributed by atoms with van der Waals surface area (Å²) >= 11 is 1.63. The summed E-state index contributed by atoms with van der Waals surface area (Å²) in [7, 11) is 0. The van der Waals surface area contributed by atoms with Gasteiger partial charge in [-0.15, -0.1) is 11.8 Å². The van der Waals surface area contributed by atoms with Crippen molar-refractivity contribution in [2.24, 2.45) is 5.92 Å². The van der Waals surface area contributed by atoms with E-state index < -0.39 is 17.9 Å². The topological polar surface area (TPSA) is 86.7 Å². The molecule has 0 saturated carbocycles. The lowest BCUT2D eigenvalue weighted by Gasteiger charge is -2.30. The molecule has 0 unspecified atom stereocenters. The highest BCUT2D eigenvalue weighted by Gasteiger charge is 2.52. The number of fused-ring (bicyclic) bond motifs is 1. The van der Waals surface area contributed by atoms with Crippen molar-refractivity contribution < 1.29 is 19.5 Å². The summed E-state index contributed by atoms with van der Waals surface area (Å²) in [5.41, 5.74) is 0.919. The second-order valence-electron chi connectivity index (χ2n) is 6.74. The van der Waals surface area contributed by atoms with Crippen LogP contribution in [0.4, 0.5) is 0 Å². The first-order valence-corrected chi connectivity index (χ1v) is 9.40. The van der Waals surface area contributed by atoms with Crippen molar-refractivity contribution in [3.05, 3.63) is 35.9 Å². The van der Waals surface area contributed by atoms with E-state index in [-0.39, 0.29) is 23.2 Å². The van der Waals surface area contributed by atoms with Crippen molar-refractivity contribution >= 4 is 29.5 Å². The molecule has 2 heterocycles. The summed E-state index contributed by atoms with van der Waals surface area (Å²) in [6.07, 6.45) is 1.58. The van der Waals surface area contributed by atoms with Gasteiger partial charge in [0.2, 0.25) is 11.8 Å². The number of nitrogens with zero attached hydrogens (tertiary/aromatic N) is 1. The molecule has 3 rings (SSSR count). The second-order valence-corrected chi connectivity index (χ2v) is 8.24. The number of carbonyl (C=O) groups is 3. The van der Waals surface area contributed by atoms with Gasteiger partial charge in [-0.3, -0.25) is 14.4 Å². The number of hydrogen-bond acceptors (Lipinski definition) is 4. The molecule has 0 aromatic heterocycles. The number of benzene rings is 1. The van der Waals surface area contributed by atoms with Gasteiger partial charge in [0, 0.05) is 18.7 Å². The molecule has 2 saturated heterocycles. The normalized spacial score (nSPS) is 26.4. The third-order valence-corrected chi connectivity index (χ3v) is 6.45. The van der Waals surface area contributed by atoms with Crippen molar-refractivity contribution in [1.29, 1.82) is 0 Å². The molecule has 6 nitrogen and oxygen atoms in total. The van der Waals surface area contributed by atoms with Gasteiger partial charge in [0.15, 0.2) is 0 Å². The SMILES string of the molecule is C[C@]12CCC(=O)N1[C@H](C(=O)NC[C@@H](Cc1ccccc1)C(=O)O)CS2. The van der Waals surface area contributed by atoms with Crippen molar-refractivity contribution in [2.75, 3.05) is 12.3 Å². The van der Waals surface area contributed by atoms with Gasteiger partial charge in [-0.25, -0.2) is 0 Å². The Hall–Kier alpha value is -2.02. The highest BCUT2D eigenvalue weighted by Crippen LogP contribution is 2.47. The summed E-state index contributed by atoms with van der Waals surface area (Å²) in [5.74, 6) is -1.32. The summed E-state index contributed by atoms with van der Waals surface area (Å²) in [5, 5.41) is 12.2. The van der Waals surface area contributed by atoms with Crippen molar-refractivity contribution in [3.8, 4) is 0 Å². The number of aliphatic carboxylic acids is 1. The molecule has 134 valence electrons. The zero-order valence-electron chi connectivity index (χ0n) is 14.1. The summed E-state index contributed by atoms with van der Waals surface area (Å²) in [6, 6.07) is 8.85. The van der Waals surface area contributed by atoms with Crippen LogP contribution in [0.3, 0.4) is 0 Å². The molecule has 25 heavy (non-hydrogen) atoms. The predicted octanol–water partition coefficient (Wildman–Crippen LogP) is 1.50. The van der Waals surface area contributed by atoms with Crippen LogP contribution in [0.2, 0.25) is 0 Å². The fourth-order valence-electron chi connectivity index (χ4n) is 3.50. The lowest BCUT2D eigenvalue weighted by molar-refractivity contribution is -0.142. The van der Waals surface area contributed by atoms with Gasteiger partial charge < -0.3 is 15.3 Å². The number of nitrogens with one attached hydrogen (secondary N) is 1. The first-order valence-electron chi connectivity index (χ1n) is 8.41. The molecule has 2 fully saturated rings. The zero-order valence-corrected chi connectivity index (χ0v) is 14.9. The summed E-state index contributed by atoms with van der Waals surface area (Å²) < 4.78 is 0. The monoisotopic (exact) mass is 362 g/mol. The van der Waals surface area contributed by atoms with Crippen LogP contribution >= 0.6 is 11.8 Å². The van der Waals surface area contributed by atoms with Crippen LogP contribution in [0.5, 0.6) is 0 Å². The van der Waals surface area contributed by atoms with Gasteiger partial charge in [-0.1, -0.05) is 30.3 Å². The maximum absolute atomic E-state index is 12.5. The Balaban J connectivity index is 1.60. The van der Waals surface area contributed by atoms with Gasteiger partial charge in [0.25, 0.3) is 0 Å². The van der Waals surface area contributed by atoms with E-state index in [0.717, 1.165) is 12.0 Å². The summed E-state index contributed by atoms with van der Waals surface area (Å²) in [4.78, 5) is 37.5. The minimum atomic E-state index is -0.938. The second kappa shape index (κ2) is 7.07. The van der Waals surface area contributed by atoms with Gasteiger partial charge in [0.05, 0.1) is 10.8 Å². The molecule has 2 aliphatic heterocycles. The maximum Gasteiger partial charge on any atom is 0.308 e. The van der Waals surface area contributed by atoms with Crippen LogP contribution in [0.1, 0.15) is 25.3 Å². The third kappa shape index (κ3) is 3.66. The highest BCUT2D eigenvalue weighted by molar-refractivity contribution is 8.01. The molecule has 7 heteroatoms. The maximum atomic E-state index is 12.5. The zero-order chi connectivity index (χ0) is 18.0. The molecular formula is C18H22N2O4S. The smallest absolute Gasteiger partial charge is 0.308 e. The van der Waals surface area contributed by atoms with E-state index in [9.17, 15) is 19.5 Å². The van der Waals surface area contributed by atoms with Crippen LogP contribution in [-0.4, -0.2) is 51.0 Å². The van der Waals surface area contributed by atoms with Crippen molar-refractivity contribution in [1.82, 2.24) is 10.2 Å². The molecule has 1 aromatic carbocycles. The lowest BCUT2D eigenvalue weighted by atomic mass is 9.99. The first-order chi connectivity index (χ1) is 11.9. The Morgan fingerprint density at radius 3 is 2.80 bits per heavy atom. The van der Waals surface area contributed by atoms with Gasteiger partial charge in [-0.2, -0.15) is 0 Å². The van der Waals surface area contributed by atoms with Gasteiger partial charge in [-0.05, 0) is 25.3 Å². The number of carboxylic acid groups (broad SMARTS) is 1. The van der Waals surface area contributed by atoms with Crippen molar-refractivity contribution in [3.63, 3.8) is 0 Å². The third-order valence-electron chi connectivity index (χ3n) is 4.94. The number of hydrogen-bond donors (Lipinski definition) is 2. The van der Waals surface area contributed by atoms with Gasteiger partial charge in [0.1, 0.15) is 6.04 Å². The van der Waals surface area contributed by atoms with E-state index in [0.29, 0.717) is 18.6 Å². The fourth-order valence-corrected chi connectivity index (χ4v) is 4.93. The minimum absolute atomic E-state index is 0.00622. The van der Waals surface area contributed by atoms with E-state index >= 15 is 0 Å². The lowest BCUT2D eigenvalue weighted by Crippen LogP contribution is -2.51. The molecule has 0 bridgehead atoms. The van der Waals surface area contributed by atoms with Crippen LogP contribution < -0.4 is 5.32 Å². The highest BCUT2D eigenvalue weighted by atomic mass is 32.2. The Morgan fingerprint density at radius 1 is 1.40 bits per heavy atom. The summed E-state index contributed by atoms with van der Waals surface area (Å²) in [6.45, 7) is 2.05. The van der Waals surface area contributed by atoms with Gasteiger partial charge >= 0.3 is 5.97 Å². The number of thioether (sulfide) groups is 1. The quantitative estimate of drug-likeness (QED) is 0.801. The van der Waals surface area contributed by atoms with E-state index in [1.807, 2.05) is 37.3 Å².